The minimum atomic E-state index is 0.318. The molecule has 28 heavy (non-hydrogen) atoms. The van der Waals surface area contributed by atoms with Crippen molar-refractivity contribution in [2.45, 2.75) is 39.7 Å². The summed E-state index contributed by atoms with van der Waals surface area (Å²) in [7, 11) is 1.73. The second-order valence-corrected chi connectivity index (χ2v) is 8.01. The number of nitrogens with zero attached hydrogens (tertiary/aromatic N) is 3. The molecular weight excluding hydrogens is 350 g/mol. The number of hydrogen-bond donors (Lipinski definition) is 0. The van der Waals surface area contributed by atoms with Crippen molar-refractivity contribution < 1.29 is 9.53 Å². The molecule has 1 aromatic carbocycles. The van der Waals surface area contributed by atoms with E-state index in [2.05, 4.69) is 46.5 Å². The lowest BCUT2D eigenvalue weighted by Crippen LogP contribution is -2.47. The van der Waals surface area contributed by atoms with E-state index in [1.54, 1.807) is 7.11 Å². The summed E-state index contributed by atoms with van der Waals surface area (Å²) in [6.07, 6.45) is 4.85. The number of carbonyl (C=O) groups excluding carboxylic acids is 1. The molecule has 2 aliphatic rings. The van der Waals surface area contributed by atoms with Gasteiger partial charge in [0, 0.05) is 68.8 Å². The molecule has 4 rings (SSSR count). The van der Waals surface area contributed by atoms with Gasteiger partial charge in [0.25, 0.3) is 0 Å². The van der Waals surface area contributed by atoms with Gasteiger partial charge in [-0.1, -0.05) is 0 Å². The molecule has 0 spiro atoms. The Labute approximate surface area is 167 Å². The third-order valence-corrected chi connectivity index (χ3v) is 6.50. The van der Waals surface area contributed by atoms with Gasteiger partial charge in [-0.15, -0.1) is 0 Å². The van der Waals surface area contributed by atoms with Gasteiger partial charge >= 0.3 is 0 Å². The first-order valence-corrected chi connectivity index (χ1v) is 10.4. The monoisotopic (exact) mass is 381 g/mol. The summed E-state index contributed by atoms with van der Waals surface area (Å²) in [6.45, 7) is 10.6. The van der Waals surface area contributed by atoms with Gasteiger partial charge in [-0.3, -0.25) is 9.69 Å². The highest BCUT2D eigenvalue weighted by Crippen LogP contribution is 2.30. The average Bonchev–Trinajstić information content (AvgIpc) is 3.13. The largest absolute Gasteiger partial charge is 0.496 e. The van der Waals surface area contributed by atoms with E-state index in [0.717, 1.165) is 63.4 Å². The van der Waals surface area contributed by atoms with Crippen LogP contribution in [0.25, 0.3) is 0 Å². The maximum absolute atomic E-state index is 12.0. The van der Waals surface area contributed by atoms with Crippen LogP contribution in [-0.4, -0.2) is 55.1 Å². The highest BCUT2D eigenvalue weighted by molar-refractivity contribution is 5.98. The Morgan fingerprint density at radius 1 is 0.964 bits per heavy atom. The Morgan fingerprint density at radius 2 is 1.75 bits per heavy atom. The number of anilines is 1. The Bertz CT molecular complexity index is 863. The summed E-state index contributed by atoms with van der Waals surface area (Å²) >= 11 is 0. The van der Waals surface area contributed by atoms with Crippen LogP contribution in [0.4, 0.5) is 5.69 Å². The normalized spacial score (nSPS) is 17.7. The number of piperazine rings is 1. The summed E-state index contributed by atoms with van der Waals surface area (Å²) in [5.74, 6) is 1.28. The molecule has 1 aliphatic carbocycles. The lowest BCUT2D eigenvalue weighted by molar-refractivity contribution is 0.0971. The molecule has 1 aliphatic heterocycles. The number of fused-ring (bicyclic) bond motifs is 1. The van der Waals surface area contributed by atoms with E-state index in [1.807, 2.05) is 6.07 Å². The van der Waals surface area contributed by atoms with Crippen LogP contribution in [0.15, 0.2) is 24.4 Å². The van der Waals surface area contributed by atoms with Gasteiger partial charge in [0.2, 0.25) is 0 Å². The highest BCUT2D eigenvalue weighted by atomic mass is 16.5. The zero-order valence-electron chi connectivity index (χ0n) is 17.3. The fraction of sp³-hybridized carbons (Fsp3) is 0.522. The molecule has 0 unspecified atom stereocenters. The molecule has 0 N–H and O–H groups in total. The van der Waals surface area contributed by atoms with Gasteiger partial charge in [-0.05, 0) is 56.0 Å². The van der Waals surface area contributed by atoms with Crippen molar-refractivity contribution in [2.75, 3.05) is 44.7 Å². The van der Waals surface area contributed by atoms with Crippen molar-refractivity contribution in [3.8, 4) is 5.75 Å². The van der Waals surface area contributed by atoms with Crippen molar-refractivity contribution in [2.24, 2.45) is 0 Å². The first kappa shape index (κ1) is 19.1. The van der Waals surface area contributed by atoms with E-state index in [1.165, 1.54) is 22.5 Å². The summed E-state index contributed by atoms with van der Waals surface area (Å²) in [6, 6.07) is 6.30. The van der Waals surface area contributed by atoms with Gasteiger partial charge in [-0.25, -0.2) is 0 Å². The van der Waals surface area contributed by atoms with Crippen molar-refractivity contribution >= 4 is 11.5 Å². The minimum absolute atomic E-state index is 0.318. The zero-order chi connectivity index (χ0) is 19.7. The molecule has 5 heteroatoms. The Hall–Kier alpha value is -2.27. The van der Waals surface area contributed by atoms with Crippen molar-refractivity contribution in [3.63, 3.8) is 0 Å². The van der Waals surface area contributed by atoms with E-state index in [0.29, 0.717) is 12.2 Å². The molecule has 0 atom stereocenters. The number of aromatic nitrogens is 1. The van der Waals surface area contributed by atoms with E-state index < -0.39 is 0 Å². The van der Waals surface area contributed by atoms with E-state index in [-0.39, 0.29) is 0 Å². The summed E-state index contributed by atoms with van der Waals surface area (Å²) in [5.41, 5.74) is 6.09. The Morgan fingerprint density at radius 3 is 2.50 bits per heavy atom. The fourth-order valence-electron chi connectivity index (χ4n) is 4.60. The summed E-state index contributed by atoms with van der Waals surface area (Å²) in [4.78, 5) is 17.1. The lowest BCUT2D eigenvalue weighted by Gasteiger charge is -2.37. The Balaban J connectivity index is 1.34. The number of ketones is 1. The molecule has 150 valence electrons. The van der Waals surface area contributed by atoms with Crippen LogP contribution in [0.2, 0.25) is 0 Å². The van der Waals surface area contributed by atoms with Gasteiger partial charge in [-0.2, -0.15) is 0 Å². The van der Waals surface area contributed by atoms with Crippen LogP contribution in [0, 0.1) is 13.8 Å². The molecule has 1 aromatic heterocycles. The zero-order valence-corrected chi connectivity index (χ0v) is 17.3. The third kappa shape index (κ3) is 3.55. The van der Waals surface area contributed by atoms with Crippen molar-refractivity contribution in [1.82, 2.24) is 9.47 Å². The molecular formula is C23H31N3O2. The first-order chi connectivity index (χ1) is 13.6. The average molecular weight is 382 g/mol. The van der Waals surface area contributed by atoms with E-state index in [4.69, 9.17) is 4.74 Å². The first-order valence-electron chi connectivity index (χ1n) is 10.4. The minimum Gasteiger partial charge on any atom is -0.496 e. The van der Waals surface area contributed by atoms with Crippen LogP contribution in [0.5, 0.6) is 5.75 Å². The van der Waals surface area contributed by atoms with Crippen LogP contribution < -0.4 is 9.64 Å². The van der Waals surface area contributed by atoms with Gasteiger partial charge in [0.05, 0.1) is 7.11 Å². The molecule has 1 saturated heterocycles. The predicted molar refractivity (Wildman–Crippen MR) is 113 cm³/mol. The molecule has 5 nitrogen and oxygen atoms in total. The molecule has 0 amide bonds. The molecule has 0 bridgehead atoms. The second kappa shape index (κ2) is 8.00. The predicted octanol–water partition coefficient (Wildman–Crippen LogP) is 3.45. The van der Waals surface area contributed by atoms with Crippen molar-refractivity contribution in [3.05, 3.63) is 46.8 Å². The van der Waals surface area contributed by atoms with Crippen LogP contribution in [0.3, 0.4) is 0 Å². The van der Waals surface area contributed by atoms with Crippen LogP contribution in [0.1, 0.15) is 40.0 Å². The quantitative estimate of drug-likeness (QED) is 0.795. The second-order valence-electron chi connectivity index (χ2n) is 8.01. The molecule has 0 radical (unpaired) electrons. The number of hydrogen-bond acceptors (Lipinski definition) is 4. The van der Waals surface area contributed by atoms with Crippen LogP contribution in [-0.2, 0) is 13.0 Å². The van der Waals surface area contributed by atoms with Gasteiger partial charge in [0.15, 0.2) is 5.78 Å². The number of carbonyl (C=O) groups is 1. The SMILES string of the molecule is COc1ccc(N2CCN(CCn3ccc4c3CCCC4=O)CC2)c(C)c1C. The summed E-state index contributed by atoms with van der Waals surface area (Å²) in [5, 5.41) is 0. The Kier molecular flexibility index (Phi) is 5.44. The number of benzene rings is 1. The molecule has 2 aromatic rings. The third-order valence-electron chi connectivity index (χ3n) is 6.50. The standard InChI is InChI=1S/C23H31N3O2/c1-17-18(2)23(28-3)8-7-20(17)26-15-12-24(13-16-26)11-14-25-10-9-19-21(25)5-4-6-22(19)27/h7-10H,4-6,11-16H2,1-3H3. The number of methoxy groups -OCH3 is 1. The topological polar surface area (TPSA) is 37.7 Å². The number of Topliss-reactive ketones (excluding diaryl/α,β-unsaturated/α-hetero) is 1. The van der Waals surface area contributed by atoms with E-state index in [9.17, 15) is 4.79 Å². The maximum Gasteiger partial charge on any atom is 0.164 e. The van der Waals surface area contributed by atoms with E-state index >= 15 is 0 Å². The fourth-order valence-corrected chi connectivity index (χ4v) is 4.60. The molecule has 1 fully saturated rings. The van der Waals surface area contributed by atoms with Gasteiger partial charge < -0.3 is 14.2 Å². The molecule has 0 saturated carbocycles. The smallest absolute Gasteiger partial charge is 0.164 e. The number of rotatable bonds is 5. The maximum atomic E-state index is 12.0. The number of ether oxygens (including phenoxy) is 1. The van der Waals surface area contributed by atoms with Gasteiger partial charge in [0.1, 0.15) is 5.75 Å². The summed E-state index contributed by atoms with van der Waals surface area (Å²) < 4.78 is 7.75. The lowest BCUT2D eigenvalue weighted by atomic mass is 9.97. The molecule has 2 heterocycles. The van der Waals surface area contributed by atoms with Crippen LogP contribution >= 0.6 is 0 Å². The highest BCUT2D eigenvalue weighted by Gasteiger charge is 2.22. The van der Waals surface area contributed by atoms with Crippen molar-refractivity contribution in [1.29, 1.82) is 0 Å².